The Kier molecular flexibility index (Phi) is 3.80. The second-order valence-electron chi connectivity index (χ2n) is 4.52. The Hall–Kier alpha value is -2.36. The average molecular weight is 255 g/mol. The van der Waals surface area contributed by atoms with Gasteiger partial charge in [-0.05, 0) is 43.2 Å². The van der Waals surface area contributed by atoms with E-state index in [1.807, 2.05) is 44.3 Å². The number of rotatable bonds is 4. The van der Waals surface area contributed by atoms with Gasteiger partial charge >= 0.3 is 0 Å². The van der Waals surface area contributed by atoms with Crippen LogP contribution in [-0.4, -0.2) is 10.9 Å². The molecular formula is C15H17N3O. The maximum absolute atomic E-state index is 11.3. The van der Waals surface area contributed by atoms with E-state index in [2.05, 4.69) is 10.3 Å². The Morgan fingerprint density at radius 1 is 1.26 bits per heavy atom. The predicted octanol–water partition coefficient (Wildman–Crippen LogP) is 2.41. The summed E-state index contributed by atoms with van der Waals surface area (Å²) in [6.45, 7) is 4.50. The molecule has 0 unspecified atom stereocenters. The molecule has 0 fully saturated rings. The highest BCUT2D eigenvalue weighted by Crippen LogP contribution is 2.19. The highest BCUT2D eigenvalue weighted by molar-refractivity contribution is 5.95. The second kappa shape index (κ2) is 5.52. The van der Waals surface area contributed by atoms with Crippen molar-refractivity contribution in [2.75, 3.05) is 5.32 Å². The highest BCUT2D eigenvalue weighted by atomic mass is 16.1. The van der Waals surface area contributed by atoms with Crippen molar-refractivity contribution in [2.24, 2.45) is 5.73 Å². The standard InChI is InChI=1S/C15H17N3O/c1-10-6-7-12(17-8-10)9-18-14-5-3-4-13(11(14)2)15(16)19/h3-8,18H,9H2,1-2H3,(H2,16,19). The Bertz CT molecular complexity index is 591. The van der Waals surface area contributed by atoms with Gasteiger partial charge in [-0.3, -0.25) is 9.78 Å². The molecule has 1 aromatic heterocycles. The molecule has 0 saturated carbocycles. The van der Waals surface area contributed by atoms with Crippen LogP contribution in [0.4, 0.5) is 5.69 Å². The molecule has 4 nitrogen and oxygen atoms in total. The van der Waals surface area contributed by atoms with Gasteiger partial charge < -0.3 is 11.1 Å². The summed E-state index contributed by atoms with van der Waals surface area (Å²) in [5.41, 5.74) is 9.72. The lowest BCUT2D eigenvalue weighted by Crippen LogP contribution is -2.14. The molecule has 1 aromatic carbocycles. The van der Waals surface area contributed by atoms with Crippen molar-refractivity contribution >= 4 is 11.6 Å². The number of aromatic nitrogens is 1. The molecule has 0 bridgehead atoms. The van der Waals surface area contributed by atoms with Crippen LogP contribution in [-0.2, 0) is 6.54 Å². The van der Waals surface area contributed by atoms with Crippen LogP contribution in [0.15, 0.2) is 36.5 Å². The van der Waals surface area contributed by atoms with Gasteiger partial charge in [0.25, 0.3) is 0 Å². The molecule has 0 aliphatic rings. The Morgan fingerprint density at radius 2 is 2.05 bits per heavy atom. The maximum Gasteiger partial charge on any atom is 0.249 e. The molecule has 1 heterocycles. The molecule has 0 spiro atoms. The van der Waals surface area contributed by atoms with Crippen molar-refractivity contribution in [1.29, 1.82) is 0 Å². The number of carbonyl (C=O) groups excluding carboxylic acids is 1. The molecule has 98 valence electrons. The van der Waals surface area contributed by atoms with Gasteiger partial charge in [0.05, 0.1) is 12.2 Å². The number of aryl methyl sites for hydroxylation is 1. The number of anilines is 1. The fourth-order valence-electron chi connectivity index (χ4n) is 1.88. The van der Waals surface area contributed by atoms with Crippen LogP contribution in [0.1, 0.15) is 27.2 Å². The van der Waals surface area contributed by atoms with E-state index in [0.717, 1.165) is 22.5 Å². The number of primary amides is 1. The van der Waals surface area contributed by atoms with Gasteiger partial charge in [-0.25, -0.2) is 0 Å². The van der Waals surface area contributed by atoms with Crippen LogP contribution in [0.25, 0.3) is 0 Å². The molecule has 4 heteroatoms. The zero-order valence-electron chi connectivity index (χ0n) is 11.1. The van der Waals surface area contributed by atoms with Crippen LogP contribution in [0.2, 0.25) is 0 Å². The lowest BCUT2D eigenvalue weighted by molar-refractivity contribution is 0.1000. The SMILES string of the molecule is Cc1ccc(CNc2cccc(C(N)=O)c2C)nc1. The Morgan fingerprint density at radius 3 is 2.68 bits per heavy atom. The molecule has 2 rings (SSSR count). The molecule has 0 radical (unpaired) electrons. The first-order chi connectivity index (χ1) is 9.08. The third-order valence-electron chi connectivity index (χ3n) is 3.03. The minimum Gasteiger partial charge on any atom is -0.379 e. The summed E-state index contributed by atoms with van der Waals surface area (Å²) in [6, 6.07) is 9.48. The summed E-state index contributed by atoms with van der Waals surface area (Å²) in [7, 11) is 0. The fourth-order valence-corrected chi connectivity index (χ4v) is 1.88. The Balaban J connectivity index is 2.13. The van der Waals surface area contributed by atoms with E-state index >= 15 is 0 Å². The van der Waals surface area contributed by atoms with Crippen molar-refractivity contribution in [1.82, 2.24) is 4.98 Å². The van der Waals surface area contributed by atoms with Crippen molar-refractivity contribution < 1.29 is 4.79 Å². The first kappa shape index (κ1) is 13.1. The average Bonchev–Trinajstić information content (AvgIpc) is 2.39. The molecule has 0 atom stereocenters. The normalized spacial score (nSPS) is 10.2. The number of nitrogens with zero attached hydrogens (tertiary/aromatic N) is 1. The summed E-state index contributed by atoms with van der Waals surface area (Å²) in [5, 5.41) is 3.27. The van der Waals surface area contributed by atoms with E-state index in [0.29, 0.717) is 12.1 Å². The summed E-state index contributed by atoms with van der Waals surface area (Å²) in [5.74, 6) is -0.408. The highest BCUT2D eigenvalue weighted by Gasteiger charge is 2.08. The van der Waals surface area contributed by atoms with E-state index in [1.54, 1.807) is 6.07 Å². The third-order valence-corrected chi connectivity index (χ3v) is 3.03. The monoisotopic (exact) mass is 255 g/mol. The minimum absolute atomic E-state index is 0.408. The molecule has 1 amide bonds. The van der Waals surface area contributed by atoms with Crippen LogP contribution in [0.5, 0.6) is 0 Å². The van der Waals surface area contributed by atoms with Gasteiger partial charge in [0.1, 0.15) is 0 Å². The Labute approximate surface area is 112 Å². The van der Waals surface area contributed by atoms with Gasteiger partial charge in [0, 0.05) is 17.4 Å². The number of pyridine rings is 1. The van der Waals surface area contributed by atoms with E-state index in [4.69, 9.17) is 5.73 Å². The van der Waals surface area contributed by atoms with E-state index in [1.165, 1.54) is 0 Å². The third kappa shape index (κ3) is 3.10. The summed E-state index contributed by atoms with van der Waals surface area (Å²) in [4.78, 5) is 15.6. The molecule has 0 aliphatic carbocycles. The number of carbonyl (C=O) groups is 1. The zero-order valence-corrected chi connectivity index (χ0v) is 11.1. The summed E-state index contributed by atoms with van der Waals surface area (Å²) < 4.78 is 0. The quantitative estimate of drug-likeness (QED) is 0.881. The molecule has 2 aromatic rings. The topological polar surface area (TPSA) is 68.0 Å². The van der Waals surface area contributed by atoms with E-state index < -0.39 is 5.91 Å². The number of hydrogen-bond donors (Lipinski definition) is 2. The first-order valence-corrected chi connectivity index (χ1v) is 6.13. The van der Waals surface area contributed by atoms with Crippen molar-refractivity contribution in [2.45, 2.75) is 20.4 Å². The minimum atomic E-state index is -0.408. The first-order valence-electron chi connectivity index (χ1n) is 6.13. The predicted molar refractivity (Wildman–Crippen MR) is 76.0 cm³/mol. The van der Waals surface area contributed by atoms with Gasteiger partial charge in [-0.1, -0.05) is 12.1 Å². The van der Waals surface area contributed by atoms with Crippen LogP contribution in [0.3, 0.4) is 0 Å². The number of hydrogen-bond acceptors (Lipinski definition) is 3. The molecule has 19 heavy (non-hydrogen) atoms. The summed E-state index contributed by atoms with van der Waals surface area (Å²) >= 11 is 0. The molecule has 3 N–H and O–H groups in total. The van der Waals surface area contributed by atoms with Crippen LogP contribution < -0.4 is 11.1 Å². The van der Waals surface area contributed by atoms with Gasteiger partial charge in [-0.15, -0.1) is 0 Å². The van der Waals surface area contributed by atoms with Gasteiger partial charge in [-0.2, -0.15) is 0 Å². The largest absolute Gasteiger partial charge is 0.379 e. The van der Waals surface area contributed by atoms with E-state index in [-0.39, 0.29) is 0 Å². The van der Waals surface area contributed by atoms with Crippen molar-refractivity contribution in [3.05, 3.63) is 58.9 Å². The lowest BCUT2D eigenvalue weighted by Gasteiger charge is -2.11. The van der Waals surface area contributed by atoms with Crippen molar-refractivity contribution in [3.8, 4) is 0 Å². The fraction of sp³-hybridized carbons (Fsp3) is 0.200. The van der Waals surface area contributed by atoms with Gasteiger partial charge in [0.2, 0.25) is 5.91 Å². The maximum atomic E-state index is 11.3. The second-order valence-corrected chi connectivity index (χ2v) is 4.52. The number of amides is 1. The number of nitrogens with two attached hydrogens (primary N) is 1. The number of benzene rings is 1. The lowest BCUT2D eigenvalue weighted by atomic mass is 10.1. The van der Waals surface area contributed by atoms with E-state index in [9.17, 15) is 4.79 Å². The zero-order chi connectivity index (χ0) is 13.8. The number of nitrogens with one attached hydrogen (secondary N) is 1. The van der Waals surface area contributed by atoms with Crippen LogP contribution in [0, 0.1) is 13.8 Å². The molecule has 0 saturated heterocycles. The van der Waals surface area contributed by atoms with Gasteiger partial charge in [0.15, 0.2) is 0 Å². The molecule has 0 aliphatic heterocycles. The molecular weight excluding hydrogens is 238 g/mol. The van der Waals surface area contributed by atoms with Crippen LogP contribution >= 0.6 is 0 Å². The summed E-state index contributed by atoms with van der Waals surface area (Å²) in [6.07, 6.45) is 1.84. The van der Waals surface area contributed by atoms with Crippen molar-refractivity contribution in [3.63, 3.8) is 0 Å². The smallest absolute Gasteiger partial charge is 0.249 e.